The minimum atomic E-state index is -0.460. The van der Waals surface area contributed by atoms with E-state index in [9.17, 15) is 9.59 Å². The largest absolute Gasteiger partial charge is 0.382 e. The Morgan fingerprint density at radius 1 is 1.16 bits per heavy atom. The molecule has 0 atom stereocenters. The van der Waals surface area contributed by atoms with Crippen molar-refractivity contribution in [3.05, 3.63) is 30.3 Å². The molecule has 0 bridgehead atoms. The number of carbonyl (C=O) groups excluding carboxylic acids is 2. The lowest BCUT2D eigenvalue weighted by Gasteiger charge is -2.08. The van der Waals surface area contributed by atoms with Gasteiger partial charge in [-0.3, -0.25) is 9.63 Å². The maximum atomic E-state index is 11.4. The zero-order chi connectivity index (χ0) is 13.9. The summed E-state index contributed by atoms with van der Waals surface area (Å²) in [6, 6.07) is 8.46. The Kier molecular flexibility index (Phi) is 7.00. The summed E-state index contributed by atoms with van der Waals surface area (Å²) < 4.78 is 4.73. The molecule has 0 spiro atoms. The SMILES string of the molecule is COCCONC(=O)CNC(=O)Nc1ccccc1. The molecule has 0 fully saturated rings. The first-order chi connectivity index (χ1) is 9.22. The van der Waals surface area contributed by atoms with Gasteiger partial charge in [0.15, 0.2) is 0 Å². The van der Waals surface area contributed by atoms with Gasteiger partial charge in [0.2, 0.25) is 0 Å². The molecule has 1 aromatic rings. The zero-order valence-corrected chi connectivity index (χ0v) is 10.6. The number of carbonyl (C=O) groups is 2. The molecule has 7 nitrogen and oxygen atoms in total. The van der Waals surface area contributed by atoms with E-state index in [4.69, 9.17) is 9.57 Å². The Hall–Kier alpha value is -2.12. The van der Waals surface area contributed by atoms with Crippen LogP contribution in [0.2, 0.25) is 0 Å². The third-order valence-corrected chi connectivity index (χ3v) is 2.02. The lowest BCUT2D eigenvalue weighted by molar-refractivity contribution is -0.133. The molecule has 0 heterocycles. The van der Waals surface area contributed by atoms with Crippen LogP contribution in [-0.2, 0) is 14.4 Å². The van der Waals surface area contributed by atoms with Gasteiger partial charge in [0.05, 0.1) is 13.2 Å². The predicted octanol–water partition coefficient (Wildman–Crippen LogP) is 0.502. The fraction of sp³-hybridized carbons (Fsp3) is 0.333. The predicted molar refractivity (Wildman–Crippen MR) is 69.4 cm³/mol. The molecule has 0 saturated carbocycles. The summed E-state index contributed by atoms with van der Waals surface area (Å²) in [5, 5.41) is 4.98. The molecule has 19 heavy (non-hydrogen) atoms. The Labute approximate surface area is 111 Å². The molecule has 1 rings (SSSR count). The van der Waals surface area contributed by atoms with Crippen LogP contribution >= 0.6 is 0 Å². The minimum Gasteiger partial charge on any atom is -0.382 e. The van der Waals surface area contributed by atoms with Gasteiger partial charge < -0.3 is 15.4 Å². The average Bonchev–Trinajstić information content (AvgIpc) is 2.42. The van der Waals surface area contributed by atoms with E-state index in [-0.39, 0.29) is 13.2 Å². The van der Waals surface area contributed by atoms with Gasteiger partial charge in [-0.25, -0.2) is 10.3 Å². The van der Waals surface area contributed by atoms with E-state index >= 15 is 0 Å². The highest BCUT2D eigenvalue weighted by molar-refractivity contribution is 5.91. The average molecular weight is 267 g/mol. The molecule has 3 amide bonds. The highest BCUT2D eigenvalue weighted by Crippen LogP contribution is 2.03. The van der Waals surface area contributed by atoms with Gasteiger partial charge >= 0.3 is 6.03 Å². The molecule has 0 aromatic heterocycles. The van der Waals surface area contributed by atoms with Gasteiger partial charge in [0, 0.05) is 12.8 Å². The summed E-state index contributed by atoms with van der Waals surface area (Å²) in [6.07, 6.45) is 0. The molecular formula is C12H17N3O4. The van der Waals surface area contributed by atoms with E-state index in [0.717, 1.165) is 0 Å². The third kappa shape index (κ3) is 7.02. The summed E-state index contributed by atoms with van der Waals surface area (Å²) in [6.45, 7) is 0.451. The first-order valence-electron chi connectivity index (χ1n) is 5.72. The smallest absolute Gasteiger partial charge is 0.319 e. The standard InChI is InChI=1S/C12H17N3O4/c1-18-7-8-19-15-11(16)9-13-12(17)14-10-5-3-2-4-6-10/h2-6H,7-9H2,1H3,(H,15,16)(H2,13,14,17). The van der Waals surface area contributed by atoms with Crippen LogP contribution in [0.3, 0.4) is 0 Å². The molecule has 0 unspecified atom stereocenters. The van der Waals surface area contributed by atoms with Crippen LogP contribution in [0.1, 0.15) is 0 Å². The highest BCUT2D eigenvalue weighted by Gasteiger charge is 2.05. The van der Waals surface area contributed by atoms with Crippen molar-refractivity contribution in [3.63, 3.8) is 0 Å². The second-order valence-electron chi connectivity index (χ2n) is 3.54. The quantitative estimate of drug-likeness (QED) is 0.496. The van der Waals surface area contributed by atoms with Crippen LogP contribution in [0, 0.1) is 0 Å². The molecule has 3 N–H and O–H groups in total. The fourth-order valence-electron chi connectivity index (χ4n) is 1.15. The van der Waals surface area contributed by atoms with Crippen molar-refractivity contribution in [3.8, 4) is 0 Å². The summed E-state index contributed by atoms with van der Waals surface area (Å²) >= 11 is 0. The summed E-state index contributed by atoms with van der Waals surface area (Å²) in [5.74, 6) is -0.445. The zero-order valence-electron chi connectivity index (χ0n) is 10.6. The van der Waals surface area contributed by atoms with Crippen LogP contribution in [0.4, 0.5) is 10.5 Å². The van der Waals surface area contributed by atoms with E-state index in [1.807, 2.05) is 6.07 Å². The van der Waals surface area contributed by atoms with E-state index in [2.05, 4.69) is 16.1 Å². The van der Waals surface area contributed by atoms with Crippen molar-refractivity contribution in [2.75, 3.05) is 32.2 Å². The number of anilines is 1. The van der Waals surface area contributed by atoms with Gasteiger partial charge in [0.25, 0.3) is 5.91 Å². The molecular weight excluding hydrogens is 250 g/mol. The number of hydroxylamine groups is 1. The Balaban J connectivity index is 2.14. The maximum absolute atomic E-state index is 11.4. The number of benzene rings is 1. The van der Waals surface area contributed by atoms with Gasteiger partial charge in [-0.2, -0.15) is 0 Å². The Morgan fingerprint density at radius 2 is 1.89 bits per heavy atom. The monoisotopic (exact) mass is 267 g/mol. The molecule has 7 heteroatoms. The first-order valence-corrected chi connectivity index (χ1v) is 5.72. The van der Waals surface area contributed by atoms with Crippen LogP contribution in [0.15, 0.2) is 30.3 Å². The van der Waals surface area contributed by atoms with Crippen LogP contribution in [0.25, 0.3) is 0 Å². The summed E-state index contributed by atoms with van der Waals surface area (Å²) in [5.41, 5.74) is 2.83. The fourth-order valence-corrected chi connectivity index (χ4v) is 1.15. The van der Waals surface area contributed by atoms with Gasteiger partial charge in [-0.1, -0.05) is 18.2 Å². The van der Waals surface area contributed by atoms with Gasteiger partial charge in [-0.05, 0) is 12.1 Å². The maximum Gasteiger partial charge on any atom is 0.319 e. The van der Waals surface area contributed by atoms with E-state index in [1.165, 1.54) is 7.11 Å². The summed E-state index contributed by atoms with van der Waals surface area (Å²) in [7, 11) is 1.53. The van der Waals surface area contributed by atoms with Crippen LogP contribution in [-0.4, -0.2) is 38.8 Å². The molecule has 1 aromatic carbocycles. The number of hydrogen-bond donors (Lipinski definition) is 3. The first kappa shape index (κ1) is 14.9. The number of para-hydroxylation sites is 1. The number of urea groups is 1. The number of ether oxygens (including phenoxy) is 1. The lowest BCUT2D eigenvalue weighted by Crippen LogP contribution is -2.39. The number of rotatable bonds is 7. The van der Waals surface area contributed by atoms with Gasteiger partial charge in [0.1, 0.15) is 6.54 Å². The van der Waals surface area contributed by atoms with Crippen molar-refractivity contribution < 1.29 is 19.2 Å². The molecule has 0 aliphatic carbocycles. The molecule has 0 radical (unpaired) electrons. The molecule has 0 aliphatic heterocycles. The van der Waals surface area contributed by atoms with Crippen molar-refractivity contribution in [1.82, 2.24) is 10.8 Å². The number of nitrogens with one attached hydrogen (secondary N) is 3. The topological polar surface area (TPSA) is 88.7 Å². The van der Waals surface area contributed by atoms with Crippen molar-refractivity contribution >= 4 is 17.6 Å². The second kappa shape index (κ2) is 8.90. The van der Waals surface area contributed by atoms with Crippen molar-refractivity contribution in [1.29, 1.82) is 0 Å². The van der Waals surface area contributed by atoms with Crippen molar-refractivity contribution in [2.24, 2.45) is 0 Å². The lowest BCUT2D eigenvalue weighted by atomic mass is 10.3. The normalized spacial score (nSPS) is 9.74. The Morgan fingerprint density at radius 3 is 2.58 bits per heavy atom. The number of hydrogen-bond acceptors (Lipinski definition) is 4. The van der Waals surface area contributed by atoms with E-state index in [1.54, 1.807) is 24.3 Å². The number of amides is 3. The van der Waals surface area contributed by atoms with Gasteiger partial charge in [-0.15, -0.1) is 0 Å². The molecule has 0 saturated heterocycles. The summed E-state index contributed by atoms with van der Waals surface area (Å²) in [4.78, 5) is 27.5. The van der Waals surface area contributed by atoms with Crippen LogP contribution < -0.4 is 16.1 Å². The van der Waals surface area contributed by atoms with Crippen molar-refractivity contribution in [2.45, 2.75) is 0 Å². The molecule has 104 valence electrons. The van der Waals surface area contributed by atoms with E-state index < -0.39 is 11.9 Å². The number of methoxy groups -OCH3 is 1. The Bertz CT molecular complexity index is 397. The second-order valence-corrected chi connectivity index (χ2v) is 3.54. The third-order valence-electron chi connectivity index (χ3n) is 2.02. The van der Waals surface area contributed by atoms with E-state index in [0.29, 0.717) is 12.3 Å². The highest BCUT2D eigenvalue weighted by atomic mass is 16.7. The molecule has 0 aliphatic rings. The van der Waals surface area contributed by atoms with Crippen LogP contribution in [0.5, 0.6) is 0 Å². The minimum absolute atomic E-state index is 0.175.